The Kier molecular flexibility index (Phi) is 4.58. The van der Waals surface area contributed by atoms with E-state index in [4.69, 9.17) is 9.47 Å². The van der Waals surface area contributed by atoms with Gasteiger partial charge in [0.15, 0.2) is 0 Å². The van der Waals surface area contributed by atoms with Crippen LogP contribution < -0.4 is 4.74 Å². The number of aliphatic hydroxyl groups excluding tert-OH is 1. The van der Waals surface area contributed by atoms with E-state index in [1.165, 1.54) is 0 Å². The molecule has 1 heterocycles. The second kappa shape index (κ2) is 6.18. The Morgan fingerprint density at radius 3 is 2.39 bits per heavy atom. The number of methoxy groups -OCH3 is 1. The van der Waals surface area contributed by atoms with Crippen LogP contribution in [-0.2, 0) is 4.74 Å². The Hall–Kier alpha value is -1.10. The van der Waals surface area contributed by atoms with Crippen molar-refractivity contribution < 1.29 is 14.6 Å². The third-order valence-corrected chi connectivity index (χ3v) is 3.54. The van der Waals surface area contributed by atoms with E-state index in [0.29, 0.717) is 0 Å². The highest BCUT2D eigenvalue weighted by atomic mass is 16.5. The number of ether oxygens (including phenoxy) is 2. The van der Waals surface area contributed by atoms with Crippen LogP contribution in [0.3, 0.4) is 0 Å². The third kappa shape index (κ3) is 3.02. The molecule has 1 N–H and O–H groups in total. The van der Waals surface area contributed by atoms with Gasteiger partial charge in [-0.1, -0.05) is 12.1 Å². The summed E-state index contributed by atoms with van der Waals surface area (Å²) in [4.78, 5) is 2.26. The van der Waals surface area contributed by atoms with E-state index < -0.39 is 6.10 Å². The highest BCUT2D eigenvalue weighted by molar-refractivity contribution is 5.29. The first-order valence-electron chi connectivity index (χ1n) is 6.36. The number of aliphatic hydroxyl groups is 1. The van der Waals surface area contributed by atoms with Crippen LogP contribution in [-0.4, -0.2) is 49.5 Å². The summed E-state index contributed by atoms with van der Waals surface area (Å²) >= 11 is 0. The second-order valence-corrected chi connectivity index (χ2v) is 4.61. The second-order valence-electron chi connectivity index (χ2n) is 4.61. The van der Waals surface area contributed by atoms with Crippen molar-refractivity contribution >= 4 is 0 Å². The zero-order chi connectivity index (χ0) is 13.0. The van der Waals surface area contributed by atoms with E-state index in [1.807, 2.05) is 24.3 Å². The lowest BCUT2D eigenvalue weighted by Crippen LogP contribution is -2.44. The molecule has 1 fully saturated rings. The van der Waals surface area contributed by atoms with E-state index in [-0.39, 0.29) is 6.04 Å². The molecule has 0 saturated carbocycles. The van der Waals surface area contributed by atoms with Crippen molar-refractivity contribution in [2.45, 2.75) is 19.1 Å². The predicted octanol–water partition coefficient (Wildman–Crippen LogP) is 1.45. The quantitative estimate of drug-likeness (QED) is 0.879. The SMILES string of the molecule is COc1ccc([C@@H](O)[C@@H](C)N2CCOCC2)cc1. The van der Waals surface area contributed by atoms with E-state index in [0.717, 1.165) is 37.6 Å². The molecule has 1 aromatic rings. The summed E-state index contributed by atoms with van der Waals surface area (Å²) in [5.41, 5.74) is 0.926. The van der Waals surface area contributed by atoms with Crippen molar-refractivity contribution in [1.29, 1.82) is 0 Å². The molecular formula is C14H21NO3. The van der Waals surface area contributed by atoms with Crippen molar-refractivity contribution in [3.8, 4) is 5.75 Å². The molecule has 1 aliphatic rings. The Morgan fingerprint density at radius 2 is 1.83 bits per heavy atom. The summed E-state index contributed by atoms with van der Waals surface area (Å²) in [6.45, 7) is 5.32. The highest BCUT2D eigenvalue weighted by Gasteiger charge is 2.24. The molecule has 0 amide bonds. The van der Waals surface area contributed by atoms with Gasteiger partial charge in [-0.15, -0.1) is 0 Å². The van der Waals surface area contributed by atoms with E-state index >= 15 is 0 Å². The Balaban J connectivity index is 2.01. The van der Waals surface area contributed by atoms with Crippen molar-refractivity contribution in [3.05, 3.63) is 29.8 Å². The van der Waals surface area contributed by atoms with Crippen LogP contribution in [0, 0.1) is 0 Å². The zero-order valence-corrected chi connectivity index (χ0v) is 11.0. The maximum absolute atomic E-state index is 10.4. The molecule has 100 valence electrons. The van der Waals surface area contributed by atoms with Gasteiger partial charge in [-0.3, -0.25) is 4.90 Å². The van der Waals surface area contributed by atoms with Crippen LogP contribution in [0.4, 0.5) is 0 Å². The van der Waals surface area contributed by atoms with E-state index in [2.05, 4.69) is 11.8 Å². The molecule has 4 nitrogen and oxygen atoms in total. The smallest absolute Gasteiger partial charge is 0.118 e. The van der Waals surface area contributed by atoms with Gasteiger partial charge in [0, 0.05) is 19.1 Å². The summed E-state index contributed by atoms with van der Waals surface area (Å²) in [7, 11) is 1.64. The number of rotatable bonds is 4. The highest BCUT2D eigenvalue weighted by Crippen LogP contribution is 2.23. The number of morpholine rings is 1. The van der Waals surface area contributed by atoms with Crippen LogP contribution in [0.25, 0.3) is 0 Å². The largest absolute Gasteiger partial charge is 0.497 e. The van der Waals surface area contributed by atoms with Gasteiger partial charge in [-0.25, -0.2) is 0 Å². The molecule has 0 radical (unpaired) electrons. The lowest BCUT2D eigenvalue weighted by molar-refractivity contribution is -0.0166. The maximum atomic E-state index is 10.4. The average molecular weight is 251 g/mol. The van der Waals surface area contributed by atoms with Gasteiger partial charge >= 0.3 is 0 Å². The molecule has 2 rings (SSSR count). The minimum absolute atomic E-state index is 0.0993. The zero-order valence-electron chi connectivity index (χ0n) is 11.0. The predicted molar refractivity (Wildman–Crippen MR) is 69.8 cm³/mol. The summed E-state index contributed by atoms with van der Waals surface area (Å²) in [6.07, 6.45) is -0.478. The number of hydrogen-bond donors (Lipinski definition) is 1. The normalized spacial score (nSPS) is 20.4. The standard InChI is InChI=1S/C14H21NO3/c1-11(15-7-9-18-10-8-15)14(16)12-3-5-13(17-2)6-4-12/h3-6,11,14,16H,7-10H2,1-2H3/t11-,14+/m1/s1. The molecule has 1 aromatic carbocycles. The minimum Gasteiger partial charge on any atom is -0.497 e. The van der Waals surface area contributed by atoms with Crippen molar-refractivity contribution in [3.63, 3.8) is 0 Å². The Morgan fingerprint density at radius 1 is 1.22 bits per heavy atom. The molecule has 0 spiro atoms. The summed E-state index contributed by atoms with van der Waals surface area (Å²) in [5, 5.41) is 10.4. The van der Waals surface area contributed by atoms with Crippen LogP contribution in [0.2, 0.25) is 0 Å². The fraction of sp³-hybridized carbons (Fsp3) is 0.571. The summed E-state index contributed by atoms with van der Waals surface area (Å²) < 4.78 is 10.4. The van der Waals surface area contributed by atoms with Gasteiger partial charge in [0.2, 0.25) is 0 Å². The molecule has 0 aliphatic carbocycles. The van der Waals surface area contributed by atoms with Gasteiger partial charge in [-0.05, 0) is 24.6 Å². The van der Waals surface area contributed by atoms with Gasteiger partial charge in [0.1, 0.15) is 5.75 Å². The number of hydrogen-bond acceptors (Lipinski definition) is 4. The fourth-order valence-electron chi connectivity index (χ4n) is 2.26. The molecule has 2 atom stereocenters. The van der Waals surface area contributed by atoms with E-state index in [1.54, 1.807) is 7.11 Å². The first-order valence-corrected chi connectivity index (χ1v) is 6.36. The summed E-state index contributed by atoms with van der Waals surface area (Å²) in [5.74, 6) is 0.810. The summed E-state index contributed by atoms with van der Waals surface area (Å²) in [6, 6.07) is 7.69. The van der Waals surface area contributed by atoms with Gasteiger partial charge in [0.05, 0.1) is 26.4 Å². The van der Waals surface area contributed by atoms with Crippen LogP contribution >= 0.6 is 0 Å². The molecule has 4 heteroatoms. The van der Waals surface area contributed by atoms with Crippen molar-refractivity contribution in [1.82, 2.24) is 4.90 Å². The molecule has 1 aliphatic heterocycles. The van der Waals surface area contributed by atoms with Gasteiger partial charge < -0.3 is 14.6 Å². The first-order chi connectivity index (χ1) is 8.72. The molecular weight excluding hydrogens is 230 g/mol. The van der Waals surface area contributed by atoms with Crippen molar-refractivity contribution in [2.24, 2.45) is 0 Å². The molecule has 18 heavy (non-hydrogen) atoms. The van der Waals surface area contributed by atoms with Crippen LogP contribution in [0.15, 0.2) is 24.3 Å². The molecule has 0 unspecified atom stereocenters. The van der Waals surface area contributed by atoms with Gasteiger partial charge in [-0.2, -0.15) is 0 Å². The minimum atomic E-state index is -0.478. The molecule has 1 saturated heterocycles. The molecule has 0 aromatic heterocycles. The Labute approximate surface area is 108 Å². The van der Waals surface area contributed by atoms with E-state index in [9.17, 15) is 5.11 Å². The van der Waals surface area contributed by atoms with Crippen LogP contribution in [0.1, 0.15) is 18.6 Å². The topological polar surface area (TPSA) is 41.9 Å². The van der Waals surface area contributed by atoms with Gasteiger partial charge in [0.25, 0.3) is 0 Å². The Bertz CT molecular complexity index is 360. The lowest BCUT2D eigenvalue weighted by atomic mass is 10.0. The first kappa shape index (κ1) is 13.3. The third-order valence-electron chi connectivity index (χ3n) is 3.54. The maximum Gasteiger partial charge on any atom is 0.118 e. The number of nitrogens with zero attached hydrogens (tertiary/aromatic N) is 1. The molecule has 0 bridgehead atoms. The monoisotopic (exact) mass is 251 g/mol. The van der Waals surface area contributed by atoms with Crippen LogP contribution in [0.5, 0.6) is 5.75 Å². The number of benzene rings is 1. The van der Waals surface area contributed by atoms with Crippen molar-refractivity contribution in [2.75, 3.05) is 33.4 Å². The average Bonchev–Trinajstić information content (AvgIpc) is 2.47. The fourth-order valence-corrected chi connectivity index (χ4v) is 2.26. The lowest BCUT2D eigenvalue weighted by Gasteiger charge is -2.35.